The number of aromatic nitrogens is 3. The highest BCUT2D eigenvalue weighted by Gasteiger charge is 2.19. The first kappa shape index (κ1) is 12.3. The third kappa shape index (κ3) is 3.40. The molecule has 1 aliphatic heterocycles. The average molecular weight is 259 g/mol. The smallest absolute Gasteiger partial charge is 0.244 e. The Hall–Kier alpha value is -1.15. The SMILES string of the molecule is C[C@H]1CN(c2n[nH]c(CS(C)(=O)=O)n2)CCN1. The van der Waals surface area contributed by atoms with Crippen LogP contribution in [0.25, 0.3) is 0 Å². The average Bonchev–Trinajstić information content (AvgIpc) is 2.63. The number of nitrogens with one attached hydrogen (secondary N) is 2. The lowest BCUT2D eigenvalue weighted by atomic mass is 10.2. The van der Waals surface area contributed by atoms with Gasteiger partial charge in [0.1, 0.15) is 11.6 Å². The number of H-pyrrole nitrogens is 1. The number of rotatable bonds is 3. The Morgan fingerprint density at radius 3 is 2.94 bits per heavy atom. The van der Waals surface area contributed by atoms with Crippen molar-refractivity contribution in [3.05, 3.63) is 5.82 Å². The van der Waals surface area contributed by atoms with Gasteiger partial charge >= 0.3 is 0 Å². The molecule has 1 aromatic rings. The second-order valence-electron chi connectivity index (χ2n) is 4.45. The number of nitrogens with zero attached hydrogens (tertiary/aromatic N) is 3. The van der Waals surface area contributed by atoms with Gasteiger partial charge in [0.25, 0.3) is 0 Å². The van der Waals surface area contributed by atoms with Gasteiger partial charge in [0.15, 0.2) is 9.84 Å². The van der Waals surface area contributed by atoms with Crippen LogP contribution < -0.4 is 10.2 Å². The van der Waals surface area contributed by atoms with Gasteiger partial charge < -0.3 is 10.2 Å². The van der Waals surface area contributed by atoms with E-state index in [1.54, 1.807) is 0 Å². The number of aromatic amines is 1. The van der Waals surface area contributed by atoms with E-state index < -0.39 is 9.84 Å². The first-order valence-corrected chi connectivity index (χ1v) is 7.57. The van der Waals surface area contributed by atoms with Gasteiger partial charge in [-0.1, -0.05) is 0 Å². The quantitative estimate of drug-likeness (QED) is 0.734. The summed E-state index contributed by atoms with van der Waals surface area (Å²) in [5.74, 6) is 0.882. The summed E-state index contributed by atoms with van der Waals surface area (Å²) in [6.45, 7) is 4.64. The normalized spacial score (nSPS) is 21.8. The van der Waals surface area contributed by atoms with E-state index in [0.717, 1.165) is 19.6 Å². The monoisotopic (exact) mass is 259 g/mol. The zero-order valence-electron chi connectivity index (χ0n) is 9.97. The van der Waals surface area contributed by atoms with Crippen molar-refractivity contribution < 1.29 is 8.42 Å². The number of hydrogen-bond donors (Lipinski definition) is 2. The Morgan fingerprint density at radius 2 is 2.29 bits per heavy atom. The Balaban J connectivity index is 2.07. The van der Waals surface area contributed by atoms with Gasteiger partial charge in [-0.05, 0) is 6.92 Å². The van der Waals surface area contributed by atoms with Gasteiger partial charge in [0, 0.05) is 31.9 Å². The van der Waals surface area contributed by atoms with E-state index in [2.05, 4.69) is 27.4 Å². The van der Waals surface area contributed by atoms with E-state index in [4.69, 9.17) is 0 Å². The summed E-state index contributed by atoms with van der Waals surface area (Å²) < 4.78 is 22.3. The summed E-state index contributed by atoms with van der Waals surface area (Å²) in [6, 6.07) is 0.389. The minimum Gasteiger partial charge on any atom is -0.337 e. The largest absolute Gasteiger partial charge is 0.337 e. The molecule has 96 valence electrons. The molecule has 1 fully saturated rings. The van der Waals surface area contributed by atoms with Crippen LogP contribution in [-0.4, -0.2) is 55.5 Å². The van der Waals surface area contributed by atoms with E-state index in [1.165, 1.54) is 6.26 Å². The van der Waals surface area contributed by atoms with Gasteiger partial charge in [0.05, 0.1) is 0 Å². The molecule has 2 rings (SSSR count). The van der Waals surface area contributed by atoms with Crippen LogP contribution in [0.2, 0.25) is 0 Å². The maximum atomic E-state index is 11.1. The molecule has 7 nitrogen and oxygen atoms in total. The lowest BCUT2D eigenvalue weighted by Gasteiger charge is -2.30. The molecule has 1 saturated heterocycles. The third-order valence-electron chi connectivity index (χ3n) is 2.57. The maximum Gasteiger partial charge on any atom is 0.244 e. The molecule has 1 aliphatic rings. The minimum absolute atomic E-state index is 0.0956. The fourth-order valence-electron chi connectivity index (χ4n) is 1.85. The van der Waals surface area contributed by atoms with Crippen LogP contribution in [0.3, 0.4) is 0 Å². The molecule has 0 spiro atoms. The molecule has 0 aromatic carbocycles. The second kappa shape index (κ2) is 4.61. The molecule has 2 N–H and O–H groups in total. The van der Waals surface area contributed by atoms with Crippen LogP contribution in [-0.2, 0) is 15.6 Å². The molecule has 1 aromatic heterocycles. The van der Waals surface area contributed by atoms with Gasteiger partial charge in [-0.25, -0.2) is 8.42 Å². The highest BCUT2D eigenvalue weighted by Crippen LogP contribution is 2.10. The Morgan fingerprint density at radius 1 is 1.53 bits per heavy atom. The van der Waals surface area contributed by atoms with E-state index in [-0.39, 0.29) is 5.75 Å². The van der Waals surface area contributed by atoms with E-state index in [9.17, 15) is 8.42 Å². The number of hydrogen-bond acceptors (Lipinski definition) is 6. The van der Waals surface area contributed by atoms with Crippen molar-refractivity contribution in [2.75, 3.05) is 30.8 Å². The van der Waals surface area contributed by atoms with Gasteiger partial charge in [-0.2, -0.15) is 4.98 Å². The van der Waals surface area contributed by atoms with Crippen LogP contribution in [0.1, 0.15) is 12.7 Å². The lowest BCUT2D eigenvalue weighted by molar-refractivity contribution is 0.480. The summed E-state index contributed by atoms with van der Waals surface area (Å²) in [4.78, 5) is 6.25. The number of anilines is 1. The van der Waals surface area contributed by atoms with Gasteiger partial charge in [0.2, 0.25) is 5.95 Å². The van der Waals surface area contributed by atoms with Crippen LogP contribution in [0, 0.1) is 0 Å². The van der Waals surface area contributed by atoms with Crippen molar-refractivity contribution in [3.63, 3.8) is 0 Å². The van der Waals surface area contributed by atoms with Crippen molar-refractivity contribution in [2.24, 2.45) is 0 Å². The third-order valence-corrected chi connectivity index (χ3v) is 3.37. The number of piperazine rings is 1. The van der Waals surface area contributed by atoms with E-state index in [0.29, 0.717) is 17.8 Å². The highest BCUT2D eigenvalue weighted by molar-refractivity contribution is 7.89. The molecule has 0 saturated carbocycles. The molecular formula is C9H17N5O2S. The van der Waals surface area contributed by atoms with E-state index >= 15 is 0 Å². The maximum absolute atomic E-state index is 11.1. The molecule has 0 amide bonds. The fraction of sp³-hybridized carbons (Fsp3) is 0.778. The predicted molar refractivity (Wildman–Crippen MR) is 64.6 cm³/mol. The molecule has 0 aliphatic carbocycles. The molecular weight excluding hydrogens is 242 g/mol. The Bertz CT molecular complexity index is 483. The Kier molecular flexibility index (Phi) is 3.34. The zero-order valence-corrected chi connectivity index (χ0v) is 10.8. The van der Waals surface area contributed by atoms with Crippen molar-refractivity contribution >= 4 is 15.8 Å². The molecule has 17 heavy (non-hydrogen) atoms. The first-order chi connectivity index (χ1) is 7.94. The topological polar surface area (TPSA) is 91.0 Å². The van der Waals surface area contributed by atoms with Crippen LogP contribution >= 0.6 is 0 Å². The summed E-state index contributed by atoms with van der Waals surface area (Å²) in [5.41, 5.74) is 0. The van der Waals surface area contributed by atoms with Crippen LogP contribution in [0.4, 0.5) is 5.95 Å². The molecule has 8 heteroatoms. The van der Waals surface area contributed by atoms with Gasteiger partial charge in [-0.3, -0.25) is 5.10 Å². The molecule has 2 heterocycles. The van der Waals surface area contributed by atoms with Crippen molar-refractivity contribution in [2.45, 2.75) is 18.7 Å². The van der Waals surface area contributed by atoms with Crippen molar-refractivity contribution in [1.29, 1.82) is 0 Å². The lowest BCUT2D eigenvalue weighted by Crippen LogP contribution is -2.49. The minimum atomic E-state index is -3.07. The van der Waals surface area contributed by atoms with Crippen LogP contribution in [0.15, 0.2) is 0 Å². The summed E-state index contributed by atoms with van der Waals surface area (Å²) in [7, 11) is -3.07. The molecule has 1 atom stereocenters. The molecule has 0 bridgehead atoms. The van der Waals surface area contributed by atoms with Crippen molar-refractivity contribution in [1.82, 2.24) is 20.5 Å². The highest BCUT2D eigenvalue weighted by atomic mass is 32.2. The second-order valence-corrected chi connectivity index (χ2v) is 6.59. The molecule has 0 radical (unpaired) electrons. The summed E-state index contributed by atoms with van der Waals surface area (Å²) >= 11 is 0. The number of sulfone groups is 1. The standard InChI is InChI=1S/C9H17N5O2S/c1-7-5-14(4-3-10-7)9-11-8(12-13-9)6-17(2,15)16/h7,10H,3-6H2,1-2H3,(H,11,12,13)/t7-/m0/s1. The summed E-state index contributed by atoms with van der Waals surface area (Å²) in [5, 5.41) is 10.1. The Labute approximate surface area is 101 Å². The van der Waals surface area contributed by atoms with E-state index in [1.807, 2.05) is 4.90 Å². The first-order valence-electron chi connectivity index (χ1n) is 5.51. The predicted octanol–water partition coefficient (Wildman–Crippen LogP) is -0.853. The summed E-state index contributed by atoms with van der Waals surface area (Å²) in [6.07, 6.45) is 1.18. The van der Waals surface area contributed by atoms with Crippen molar-refractivity contribution in [3.8, 4) is 0 Å². The van der Waals surface area contributed by atoms with Gasteiger partial charge in [-0.15, -0.1) is 5.10 Å². The molecule has 0 unspecified atom stereocenters. The zero-order chi connectivity index (χ0) is 12.5. The van der Waals surface area contributed by atoms with Crippen LogP contribution in [0.5, 0.6) is 0 Å². The fourth-order valence-corrected chi connectivity index (χ4v) is 2.48.